The zero-order valence-corrected chi connectivity index (χ0v) is 11.9. The zero-order chi connectivity index (χ0) is 15.6. The van der Waals surface area contributed by atoms with E-state index in [2.05, 4.69) is 0 Å². The number of halogens is 1. The average molecular weight is 288 g/mol. The fraction of sp³-hybridized carbons (Fsp3) is 0.188. The first kappa shape index (κ1) is 15.0. The van der Waals surface area contributed by atoms with Crippen molar-refractivity contribution in [2.24, 2.45) is 11.5 Å². The first-order chi connectivity index (χ1) is 9.90. The SMILES string of the molecule is Cc1cc(Oc2ccccc2C(N)=O)c(C(C)N)cc1F. The molecular formula is C16H17FN2O2. The van der Waals surface area contributed by atoms with Crippen molar-refractivity contribution in [2.45, 2.75) is 19.9 Å². The molecule has 2 aromatic rings. The molecule has 2 aromatic carbocycles. The van der Waals surface area contributed by atoms with Crippen molar-refractivity contribution < 1.29 is 13.9 Å². The molecule has 0 bridgehead atoms. The van der Waals surface area contributed by atoms with Gasteiger partial charge in [0.1, 0.15) is 17.3 Å². The number of aryl methyl sites for hydroxylation is 1. The van der Waals surface area contributed by atoms with Crippen LogP contribution in [0.25, 0.3) is 0 Å². The van der Waals surface area contributed by atoms with Crippen LogP contribution in [-0.4, -0.2) is 5.91 Å². The van der Waals surface area contributed by atoms with Crippen molar-refractivity contribution in [3.05, 3.63) is 58.9 Å². The molecular weight excluding hydrogens is 271 g/mol. The van der Waals surface area contributed by atoms with Gasteiger partial charge in [0, 0.05) is 11.6 Å². The Bertz CT molecular complexity index is 684. The molecule has 2 rings (SSSR count). The molecule has 110 valence electrons. The van der Waals surface area contributed by atoms with Gasteiger partial charge in [0.25, 0.3) is 5.91 Å². The van der Waals surface area contributed by atoms with Crippen molar-refractivity contribution in [3.8, 4) is 11.5 Å². The maximum absolute atomic E-state index is 13.7. The van der Waals surface area contributed by atoms with E-state index in [0.717, 1.165) is 0 Å². The zero-order valence-electron chi connectivity index (χ0n) is 11.9. The molecule has 0 aliphatic heterocycles. The van der Waals surface area contributed by atoms with Gasteiger partial charge in [0.15, 0.2) is 0 Å². The minimum absolute atomic E-state index is 0.259. The minimum Gasteiger partial charge on any atom is -0.456 e. The van der Waals surface area contributed by atoms with Gasteiger partial charge in [-0.2, -0.15) is 0 Å². The van der Waals surface area contributed by atoms with Gasteiger partial charge in [-0.25, -0.2) is 4.39 Å². The van der Waals surface area contributed by atoms with Crippen molar-refractivity contribution in [2.75, 3.05) is 0 Å². The standard InChI is InChI=1S/C16H17FN2O2/c1-9-7-15(12(10(2)18)8-13(9)17)21-14-6-4-3-5-11(14)16(19)20/h3-8,10H,18H2,1-2H3,(H2,19,20). The molecule has 1 amide bonds. The summed E-state index contributed by atoms with van der Waals surface area (Å²) in [5.74, 6) is -0.208. The summed E-state index contributed by atoms with van der Waals surface area (Å²) in [6.45, 7) is 3.37. The number of carbonyl (C=O) groups is 1. The third-order valence-corrected chi connectivity index (χ3v) is 3.15. The van der Waals surface area contributed by atoms with E-state index in [-0.39, 0.29) is 11.4 Å². The average Bonchev–Trinajstić information content (AvgIpc) is 2.42. The van der Waals surface area contributed by atoms with Crippen molar-refractivity contribution in [1.82, 2.24) is 0 Å². The number of hydrogen-bond donors (Lipinski definition) is 2. The Morgan fingerprint density at radius 2 is 1.90 bits per heavy atom. The Hall–Kier alpha value is -2.40. The predicted octanol–water partition coefficient (Wildman–Crippen LogP) is 3.05. The fourth-order valence-electron chi connectivity index (χ4n) is 1.99. The molecule has 4 N–H and O–H groups in total. The topological polar surface area (TPSA) is 78.3 Å². The highest BCUT2D eigenvalue weighted by molar-refractivity contribution is 5.95. The number of nitrogens with two attached hydrogens (primary N) is 2. The molecule has 0 aliphatic carbocycles. The summed E-state index contributed by atoms with van der Waals surface area (Å²) in [6, 6.07) is 9.12. The van der Waals surface area contributed by atoms with Gasteiger partial charge in [-0.15, -0.1) is 0 Å². The number of amides is 1. The number of hydrogen-bond acceptors (Lipinski definition) is 3. The number of para-hydroxylation sites is 1. The molecule has 0 fully saturated rings. The summed E-state index contributed by atoms with van der Waals surface area (Å²) < 4.78 is 19.4. The van der Waals surface area contributed by atoms with Crippen LogP contribution < -0.4 is 16.2 Å². The lowest BCUT2D eigenvalue weighted by atomic mass is 10.0. The summed E-state index contributed by atoms with van der Waals surface area (Å²) >= 11 is 0. The largest absolute Gasteiger partial charge is 0.456 e. The van der Waals surface area contributed by atoms with Crippen LogP contribution in [0.4, 0.5) is 4.39 Å². The second-order valence-electron chi connectivity index (χ2n) is 4.89. The lowest BCUT2D eigenvalue weighted by Gasteiger charge is -2.16. The van der Waals surface area contributed by atoms with Crippen LogP contribution in [-0.2, 0) is 0 Å². The van der Waals surface area contributed by atoms with E-state index in [1.807, 2.05) is 0 Å². The Morgan fingerprint density at radius 3 is 2.52 bits per heavy atom. The smallest absolute Gasteiger partial charge is 0.252 e. The maximum Gasteiger partial charge on any atom is 0.252 e. The van der Waals surface area contributed by atoms with Crippen LogP contribution in [0.5, 0.6) is 11.5 Å². The lowest BCUT2D eigenvalue weighted by molar-refractivity contribution is 0.0998. The van der Waals surface area contributed by atoms with E-state index in [1.165, 1.54) is 6.07 Å². The molecule has 0 aliphatic rings. The highest BCUT2D eigenvalue weighted by Gasteiger charge is 2.15. The Kier molecular flexibility index (Phi) is 4.23. The summed E-state index contributed by atoms with van der Waals surface area (Å²) in [7, 11) is 0. The summed E-state index contributed by atoms with van der Waals surface area (Å²) in [6.07, 6.45) is 0. The van der Waals surface area contributed by atoms with Gasteiger partial charge in [0.2, 0.25) is 0 Å². The second kappa shape index (κ2) is 5.93. The van der Waals surface area contributed by atoms with Gasteiger partial charge in [-0.3, -0.25) is 4.79 Å². The van der Waals surface area contributed by atoms with E-state index >= 15 is 0 Å². The van der Waals surface area contributed by atoms with Crippen LogP contribution in [0.15, 0.2) is 36.4 Å². The van der Waals surface area contributed by atoms with E-state index in [9.17, 15) is 9.18 Å². The van der Waals surface area contributed by atoms with Crippen LogP contribution in [0.1, 0.15) is 34.5 Å². The van der Waals surface area contributed by atoms with E-state index in [1.54, 1.807) is 44.2 Å². The first-order valence-corrected chi connectivity index (χ1v) is 6.52. The lowest BCUT2D eigenvalue weighted by Crippen LogP contribution is -2.13. The van der Waals surface area contributed by atoms with E-state index in [0.29, 0.717) is 22.6 Å². The molecule has 0 aromatic heterocycles. The van der Waals surface area contributed by atoms with Crippen LogP contribution in [0, 0.1) is 12.7 Å². The van der Waals surface area contributed by atoms with Crippen LogP contribution in [0.3, 0.4) is 0 Å². The van der Waals surface area contributed by atoms with Gasteiger partial charge in [-0.1, -0.05) is 12.1 Å². The summed E-state index contributed by atoms with van der Waals surface area (Å²) in [4.78, 5) is 11.4. The van der Waals surface area contributed by atoms with Gasteiger partial charge < -0.3 is 16.2 Å². The third kappa shape index (κ3) is 3.20. The highest BCUT2D eigenvalue weighted by atomic mass is 19.1. The fourth-order valence-corrected chi connectivity index (χ4v) is 1.99. The molecule has 0 radical (unpaired) electrons. The summed E-state index contributed by atoms with van der Waals surface area (Å²) in [5, 5.41) is 0. The molecule has 21 heavy (non-hydrogen) atoms. The highest BCUT2D eigenvalue weighted by Crippen LogP contribution is 2.32. The summed E-state index contributed by atoms with van der Waals surface area (Å²) in [5.41, 5.74) is 12.4. The number of carbonyl (C=O) groups excluding carboxylic acids is 1. The van der Waals surface area contributed by atoms with Crippen molar-refractivity contribution in [3.63, 3.8) is 0 Å². The van der Waals surface area contributed by atoms with E-state index in [4.69, 9.17) is 16.2 Å². The third-order valence-electron chi connectivity index (χ3n) is 3.15. The predicted molar refractivity (Wildman–Crippen MR) is 78.8 cm³/mol. The molecule has 0 spiro atoms. The first-order valence-electron chi connectivity index (χ1n) is 6.52. The number of benzene rings is 2. The van der Waals surface area contributed by atoms with Crippen molar-refractivity contribution >= 4 is 5.91 Å². The molecule has 0 saturated heterocycles. The Balaban J connectivity index is 2.49. The van der Waals surface area contributed by atoms with Crippen LogP contribution >= 0.6 is 0 Å². The molecule has 5 heteroatoms. The molecule has 1 atom stereocenters. The molecule has 0 heterocycles. The Labute approximate surface area is 122 Å². The number of ether oxygens (including phenoxy) is 1. The molecule has 1 unspecified atom stereocenters. The van der Waals surface area contributed by atoms with Gasteiger partial charge in [-0.05, 0) is 43.7 Å². The number of rotatable bonds is 4. The second-order valence-corrected chi connectivity index (χ2v) is 4.89. The number of primary amides is 1. The normalized spacial score (nSPS) is 12.0. The Morgan fingerprint density at radius 1 is 1.24 bits per heavy atom. The quantitative estimate of drug-likeness (QED) is 0.907. The van der Waals surface area contributed by atoms with Crippen LogP contribution in [0.2, 0.25) is 0 Å². The molecule has 0 saturated carbocycles. The maximum atomic E-state index is 13.7. The molecule has 4 nitrogen and oxygen atoms in total. The van der Waals surface area contributed by atoms with Gasteiger partial charge in [0.05, 0.1) is 5.56 Å². The van der Waals surface area contributed by atoms with Gasteiger partial charge >= 0.3 is 0 Å². The van der Waals surface area contributed by atoms with E-state index < -0.39 is 11.9 Å². The minimum atomic E-state index is -0.591. The monoisotopic (exact) mass is 288 g/mol. The van der Waals surface area contributed by atoms with Crippen molar-refractivity contribution in [1.29, 1.82) is 0 Å².